The normalized spacial score (nSPS) is 12.5. The molecule has 1 heterocycles. The van der Waals surface area contributed by atoms with Gasteiger partial charge in [0.2, 0.25) is 0 Å². The maximum absolute atomic E-state index is 5.22. The van der Waals surface area contributed by atoms with E-state index in [2.05, 4.69) is 15.4 Å². The number of hydrazine groups is 1. The highest BCUT2D eigenvalue weighted by atomic mass is 16.5. The fraction of sp³-hybridized carbons (Fsp3) is 0.500. The number of nitrogen functional groups attached to an aromatic ring is 1. The van der Waals surface area contributed by atoms with Gasteiger partial charge >= 0.3 is 0 Å². The first-order chi connectivity index (χ1) is 6.27. The summed E-state index contributed by atoms with van der Waals surface area (Å²) in [5.41, 5.74) is 2.47. The smallest absolute Gasteiger partial charge is 0.143 e. The van der Waals surface area contributed by atoms with Crippen molar-refractivity contribution >= 4 is 5.82 Å². The maximum Gasteiger partial charge on any atom is 0.143 e. The molecule has 5 nitrogen and oxygen atoms in total. The average Bonchev–Trinajstić information content (AvgIpc) is 2.18. The lowest BCUT2D eigenvalue weighted by Crippen LogP contribution is -2.12. The first-order valence-electron chi connectivity index (χ1n) is 4.06. The quantitative estimate of drug-likeness (QED) is 0.524. The summed E-state index contributed by atoms with van der Waals surface area (Å²) in [7, 11) is 1.65. The Morgan fingerprint density at radius 3 is 3.08 bits per heavy atom. The van der Waals surface area contributed by atoms with E-state index in [0.717, 1.165) is 5.82 Å². The van der Waals surface area contributed by atoms with Gasteiger partial charge in [0.25, 0.3) is 0 Å². The minimum absolute atomic E-state index is 0.179. The lowest BCUT2D eigenvalue weighted by molar-refractivity contribution is 0.181. The minimum Gasteiger partial charge on any atom is -0.384 e. The highest BCUT2D eigenvalue weighted by molar-refractivity contribution is 5.31. The molecule has 1 atom stereocenters. The van der Waals surface area contributed by atoms with E-state index in [1.54, 1.807) is 19.4 Å². The Balaban J connectivity index is 2.75. The summed E-state index contributed by atoms with van der Waals surface area (Å²) in [5.74, 6) is 6.75. The first kappa shape index (κ1) is 9.88. The SMILES string of the molecule is COCC(C)c1nccc(NN)n1. The van der Waals surface area contributed by atoms with Gasteiger partial charge in [-0.05, 0) is 0 Å². The summed E-state index contributed by atoms with van der Waals surface area (Å²) in [6.07, 6.45) is 1.67. The molecule has 0 aliphatic rings. The van der Waals surface area contributed by atoms with E-state index in [1.807, 2.05) is 6.92 Å². The van der Waals surface area contributed by atoms with Crippen LogP contribution in [0.15, 0.2) is 12.3 Å². The predicted octanol–water partition coefficient (Wildman–Crippen LogP) is 0.512. The minimum atomic E-state index is 0.179. The largest absolute Gasteiger partial charge is 0.384 e. The summed E-state index contributed by atoms with van der Waals surface area (Å²) in [4.78, 5) is 8.30. The molecule has 0 bridgehead atoms. The Kier molecular flexibility index (Phi) is 3.60. The monoisotopic (exact) mass is 182 g/mol. The number of hydrogen-bond donors (Lipinski definition) is 2. The van der Waals surface area contributed by atoms with Crippen LogP contribution in [-0.2, 0) is 4.74 Å². The Morgan fingerprint density at radius 2 is 2.46 bits per heavy atom. The second-order valence-electron chi connectivity index (χ2n) is 2.80. The van der Waals surface area contributed by atoms with Crippen LogP contribution in [-0.4, -0.2) is 23.7 Å². The molecular formula is C8H14N4O. The van der Waals surface area contributed by atoms with Crippen LogP contribution in [0.3, 0.4) is 0 Å². The molecule has 0 fully saturated rings. The standard InChI is InChI=1S/C8H14N4O/c1-6(5-13-2)8-10-4-3-7(11-8)12-9/h3-4,6H,5,9H2,1-2H3,(H,10,11,12). The molecule has 0 saturated carbocycles. The number of nitrogens with two attached hydrogens (primary N) is 1. The molecule has 72 valence electrons. The van der Waals surface area contributed by atoms with Gasteiger partial charge < -0.3 is 10.2 Å². The summed E-state index contributed by atoms with van der Waals surface area (Å²) < 4.78 is 5.00. The van der Waals surface area contributed by atoms with Gasteiger partial charge in [-0.25, -0.2) is 15.8 Å². The number of aromatic nitrogens is 2. The Hall–Kier alpha value is -1.20. The van der Waals surface area contributed by atoms with Crippen molar-refractivity contribution in [2.24, 2.45) is 5.84 Å². The second-order valence-corrected chi connectivity index (χ2v) is 2.80. The van der Waals surface area contributed by atoms with E-state index in [4.69, 9.17) is 10.6 Å². The summed E-state index contributed by atoms with van der Waals surface area (Å²) in [5, 5.41) is 0. The van der Waals surface area contributed by atoms with E-state index in [-0.39, 0.29) is 5.92 Å². The second kappa shape index (κ2) is 4.74. The summed E-state index contributed by atoms with van der Waals surface area (Å²) >= 11 is 0. The lowest BCUT2D eigenvalue weighted by Gasteiger charge is -2.09. The molecular weight excluding hydrogens is 168 g/mol. The van der Waals surface area contributed by atoms with Crippen molar-refractivity contribution in [3.63, 3.8) is 0 Å². The zero-order valence-corrected chi connectivity index (χ0v) is 7.82. The van der Waals surface area contributed by atoms with E-state index in [0.29, 0.717) is 12.4 Å². The summed E-state index contributed by atoms with van der Waals surface area (Å²) in [6, 6.07) is 1.71. The lowest BCUT2D eigenvalue weighted by atomic mass is 10.2. The first-order valence-corrected chi connectivity index (χ1v) is 4.06. The number of methoxy groups -OCH3 is 1. The van der Waals surface area contributed by atoms with Gasteiger partial charge in [-0.2, -0.15) is 0 Å². The van der Waals surface area contributed by atoms with Gasteiger partial charge in [-0.1, -0.05) is 6.92 Å². The Labute approximate surface area is 77.3 Å². The van der Waals surface area contributed by atoms with Crippen molar-refractivity contribution in [1.29, 1.82) is 0 Å². The van der Waals surface area contributed by atoms with Crippen LogP contribution in [0, 0.1) is 0 Å². The molecule has 1 aromatic heterocycles. The molecule has 5 heteroatoms. The van der Waals surface area contributed by atoms with E-state index < -0.39 is 0 Å². The molecule has 3 N–H and O–H groups in total. The van der Waals surface area contributed by atoms with Gasteiger partial charge in [-0.3, -0.25) is 0 Å². The molecule has 1 aromatic rings. The van der Waals surface area contributed by atoms with Crippen LogP contribution in [0.2, 0.25) is 0 Å². The van der Waals surface area contributed by atoms with Crippen molar-refractivity contribution < 1.29 is 4.74 Å². The van der Waals surface area contributed by atoms with Crippen molar-refractivity contribution in [3.8, 4) is 0 Å². The topological polar surface area (TPSA) is 73.1 Å². The molecule has 1 rings (SSSR count). The fourth-order valence-electron chi connectivity index (χ4n) is 1.02. The molecule has 0 saturated heterocycles. The summed E-state index contributed by atoms with van der Waals surface area (Å²) in [6.45, 7) is 2.60. The molecule has 0 aliphatic carbocycles. The number of ether oxygens (including phenoxy) is 1. The zero-order chi connectivity index (χ0) is 9.68. The van der Waals surface area contributed by atoms with Crippen LogP contribution in [0.4, 0.5) is 5.82 Å². The maximum atomic E-state index is 5.22. The third-order valence-corrected chi connectivity index (χ3v) is 1.68. The highest BCUT2D eigenvalue weighted by Gasteiger charge is 2.08. The average molecular weight is 182 g/mol. The Morgan fingerprint density at radius 1 is 1.69 bits per heavy atom. The Bertz CT molecular complexity index is 266. The molecule has 13 heavy (non-hydrogen) atoms. The van der Waals surface area contributed by atoms with Crippen LogP contribution in [0.25, 0.3) is 0 Å². The number of anilines is 1. The van der Waals surface area contributed by atoms with Gasteiger partial charge in [0.15, 0.2) is 0 Å². The van der Waals surface area contributed by atoms with Crippen molar-refractivity contribution in [3.05, 3.63) is 18.1 Å². The zero-order valence-electron chi connectivity index (χ0n) is 7.82. The van der Waals surface area contributed by atoms with Crippen LogP contribution >= 0.6 is 0 Å². The van der Waals surface area contributed by atoms with Crippen molar-refractivity contribution in [2.45, 2.75) is 12.8 Å². The molecule has 0 spiro atoms. The van der Waals surface area contributed by atoms with Gasteiger partial charge in [-0.15, -0.1) is 0 Å². The number of hydrogen-bond acceptors (Lipinski definition) is 5. The van der Waals surface area contributed by atoms with E-state index in [1.165, 1.54) is 0 Å². The van der Waals surface area contributed by atoms with Gasteiger partial charge in [0.05, 0.1) is 6.61 Å². The molecule has 0 aromatic carbocycles. The highest BCUT2D eigenvalue weighted by Crippen LogP contribution is 2.11. The molecule has 0 radical (unpaired) electrons. The molecule has 1 unspecified atom stereocenters. The number of nitrogens with one attached hydrogen (secondary N) is 1. The van der Waals surface area contributed by atoms with Gasteiger partial charge in [0, 0.05) is 25.3 Å². The number of nitrogens with zero attached hydrogens (tertiary/aromatic N) is 2. The third kappa shape index (κ3) is 2.64. The van der Waals surface area contributed by atoms with Crippen LogP contribution in [0.1, 0.15) is 18.7 Å². The van der Waals surface area contributed by atoms with Crippen LogP contribution in [0.5, 0.6) is 0 Å². The number of rotatable bonds is 4. The van der Waals surface area contributed by atoms with Crippen LogP contribution < -0.4 is 11.3 Å². The predicted molar refractivity (Wildman–Crippen MR) is 50.1 cm³/mol. The third-order valence-electron chi connectivity index (χ3n) is 1.68. The molecule has 0 amide bonds. The van der Waals surface area contributed by atoms with Gasteiger partial charge in [0.1, 0.15) is 11.6 Å². The van der Waals surface area contributed by atoms with E-state index >= 15 is 0 Å². The van der Waals surface area contributed by atoms with E-state index in [9.17, 15) is 0 Å². The fourth-order valence-corrected chi connectivity index (χ4v) is 1.02. The van der Waals surface area contributed by atoms with Crippen molar-refractivity contribution in [2.75, 3.05) is 19.1 Å². The van der Waals surface area contributed by atoms with Crippen molar-refractivity contribution in [1.82, 2.24) is 9.97 Å². The molecule has 0 aliphatic heterocycles.